The molecule has 0 radical (unpaired) electrons. The molecule has 1 aliphatic heterocycles. The Balaban J connectivity index is 1.36. The molecule has 3 aromatic rings. The van der Waals surface area contributed by atoms with Gasteiger partial charge in [0.25, 0.3) is 5.91 Å². The minimum absolute atomic E-state index is 0.0977. The standard InChI is InChI=1S/C29H30N2O5/c1-34-27-18-22(19-30-25-13-11-24(12-14-25)29(33)35-2)8-15-26(27)36-20-21-6-9-23(10-7-21)28(32)31-16-4-3-5-17-31/h6-15,18-19H,3-5,16-17,20H2,1-2H3. The molecule has 0 atom stereocenters. The highest BCUT2D eigenvalue weighted by Crippen LogP contribution is 2.29. The number of nitrogens with zero attached hydrogens (tertiary/aromatic N) is 2. The zero-order valence-electron chi connectivity index (χ0n) is 20.6. The fraction of sp³-hybridized carbons (Fsp3) is 0.276. The first-order chi connectivity index (χ1) is 17.6. The normalized spacial score (nSPS) is 13.4. The number of rotatable bonds is 8. The molecule has 3 aromatic carbocycles. The Morgan fingerprint density at radius 1 is 0.861 bits per heavy atom. The van der Waals surface area contributed by atoms with Crippen LogP contribution in [0.15, 0.2) is 71.7 Å². The monoisotopic (exact) mass is 486 g/mol. The largest absolute Gasteiger partial charge is 0.493 e. The molecule has 0 spiro atoms. The van der Waals surface area contributed by atoms with Crippen molar-refractivity contribution < 1.29 is 23.8 Å². The van der Waals surface area contributed by atoms with E-state index in [0.717, 1.165) is 37.1 Å². The van der Waals surface area contributed by atoms with Crippen LogP contribution in [0.2, 0.25) is 0 Å². The highest BCUT2D eigenvalue weighted by molar-refractivity contribution is 5.94. The molecular formula is C29H30N2O5. The van der Waals surface area contributed by atoms with Gasteiger partial charge < -0.3 is 19.1 Å². The molecule has 0 bridgehead atoms. The Kier molecular flexibility index (Phi) is 8.34. The number of aliphatic imine (C=N–C) groups is 1. The highest BCUT2D eigenvalue weighted by atomic mass is 16.5. The lowest BCUT2D eigenvalue weighted by atomic mass is 10.1. The Labute approximate surface area is 211 Å². The van der Waals surface area contributed by atoms with Crippen molar-refractivity contribution in [3.05, 3.63) is 89.0 Å². The van der Waals surface area contributed by atoms with Crippen LogP contribution in [-0.4, -0.2) is 50.3 Å². The molecule has 36 heavy (non-hydrogen) atoms. The van der Waals surface area contributed by atoms with Gasteiger partial charge in [0.15, 0.2) is 11.5 Å². The van der Waals surface area contributed by atoms with Crippen LogP contribution in [0.1, 0.15) is 51.1 Å². The summed E-state index contributed by atoms with van der Waals surface area (Å²) >= 11 is 0. The lowest BCUT2D eigenvalue weighted by Gasteiger charge is -2.26. The van der Waals surface area contributed by atoms with E-state index < -0.39 is 0 Å². The second-order valence-corrected chi connectivity index (χ2v) is 8.55. The molecule has 0 aromatic heterocycles. The lowest BCUT2D eigenvalue weighted by molar-refractivity contribution is 0.0600. The third kappa shape index (κ3) is 6.30. The van der Waals surface area contributed by atoms with Crippen LogP contribution < -0.4 is 9.47 Å². The van der Waals surface area contributed by atoms with E-state index in [2.05, 4.69) is 4.99 Å². The molecule has 0 N–H and O–H groups in total. The van der Waals surface area contributed by atoms with E-state index in [0.29, 0.717) is 34.9 Å². The van der Waals surface area contributed by atoms with Crippen LogP contribution in [0.4, 0.5) is 5.69 Å². The number of likely N-dealkylation sites (tertiary alicyclic amines) is 1. The van der Waals surface area contributed by atoms with Gasteiger partial charge in [0.05, 0.1) is 25.5 Å². The molecule has 1 amide bonds. The van der Waals surface area contributed by atoms with Crippen LogP contribution in [0, 0.1) is 0 Å². The first kappa shape index (κ1) is 25.0. The van der Waals surface area contributed by atoms with E-state index in [1.807, 2.05) is 47.4 Å². The number of benzene rings is 3. The fourth-order valence-electron chi connectivity index (χ4n) is 4.02. The van der Waals surface area contributed by atoms with E-state index >= 15 is 0 Å². The Morgan fingerprint density at radius 2 is 1.56 bits per heavy atom. The molecule has 0 unspecified atom stereocenters. The van der Waals surface area contributed by atoms with Crippen molar-refractivity contribution in [2.24, 2.45) is 4.99 Å². The second-order valence-electron chi connectivity index (χ2n) is 8.55. The van der Waals surface area contributed by atoms with Crippen LogP contribution in [0.25, 0.3) is 0 Å². The minimum atomic E-state index is -0.382. The van der Waals surface area contributed by atoms with Gasteiger partial charge in [-0.15, -0.1) is 0 Å². The van der Waals surface area contributed by atoms with Gasteiger partial charge in [0.1, 0.15) is 6.61 Å². The molecule has 186 valence electrons. The number of ether oxygens (including phenoxy) is 3. The number of carbonyl (C=O) groups is 2. The third-order valence-corrected chi connectivity index (χ3v) is 6.08. The summed E-state index contributed by atoms with van der Waals surface area (Å²) < 4.78 is 16.2. The van der Waals surface area contributed by atoms with Crippen LogP contribution in [-0.2, 0) is 11.3 Å². The summed E-state index contributed by atoms with van der Waals surface area (Å²) in [5.74, 6) is 0.927. The first-order valence-corrected chi connectivity index (χ1v) is 12.0. The zero-order valence-corrected chi connectivity index (χ0v) is 20.6. The average molecular weight is 487 g/mol. The van der Waals surface area contributed by atoms with Gasteiger partial charge in [-0.05, 0) is 85.0 Å². The molecule has 0 saturated carbocycles. The van der Waals surface area contributed by atoms with Gasteiger partial charge in [0.2, 0.25) is 0 Å². The molecule has 1 fully saturated rings. The van der Waals surface area contributed by atoms with Crippen molar-refractivity contribution in [2.45, 2.75) is 25.9 Å². The smallest absolute Gasteiger partial charge is 0.337 e. The third-order valence-electron chi connectivity index (χ3n) is 6.08. The summed E-state index contributed by atoms with van der Waals surface area (Å²) in [4.78, 5) is 30.6. The van der Waals surface area contributed by atoms with Gasteiger partial charge in [-0.2, -0.15) is 0 Å². The number of piperidine rings is 1. The number of amides is 1. The van der Waals surface area contributed by atoms with Gasteiger partial charge >= 0.3 is 5.97 Å². The summed E-state index contributed by atoms with van der Waals surface area (Å²) in [6.45, 7) is 2.03. The van der Waals surface area contributed by atoms with Crippen LogP contribution in [0.3, 0.4) is 0 Å². The second kappa shape index (κ2) is 12.0. The average Bonchev–Trinajstić information content (AvgIpc) is 2.95. The van der Waals surface area contributed by atoms with Crippen molar-refractivity contribution >= 4 is 23.8 Å². The Hall–Kier alpha value is -4.13. The van der Waals surface area contributed by atoms with E-state index in [-0.39, 0.29) is 11.9 Å². The van der Waals surface area contributed by atoms with Crippen molar-refractivity contribution in [2.75, 3.05) is 27.3 Å². The fourth-order valence-corrected chi connectivity index (χ4v) is 4.02. The predicted octanol–water partition coefficient (Wildman–Crippen LogP) is 5.44. The number of hydrogen-bond donors (Lipinski definition) is 0. The SMILES string of the molecule is COC(=O)c1ccc(N=Cc2ccc(OCc3ccc(C(=O)N4CCCCC4)cc3)c(OC)c2)cc1. The number of hydrogen-bond acceptors (Lipinski definition) is 6. The number of carbonyl (C=O) groups excluding carboxylic acids is 2. The summed E-state index contributed by atoms with van der Waals surface area (Å²) in [6, 6.07) is 20.0. The summed E-state index contributed by atoms with van der Waals surface area (Å²) in [5.41, 5.74) is 3.71. The lowest BCUT2D eigenvalue weighted by Crippen LogP contribution is -2.35. The molecule has 7 heteroatoms. The summed E-state index contributed by atoms with van der Waals surface area (Å²) in [6.07, 6.45) is 5.07. The van der Waals surface area contributed by atoms with Crippen molar-refractivity contribution in [3.8, 4) is 11.5 Å². The van der Waals surface area contributed by atoms with E-state index in [1.54, 1.807) is 37.6 Å². The van der Waals surface area contributed by atoms with Crippen molar-refractivity contribution in [1.82, 2.24) is 4.90 Å². The van der Waals surface area contributed by atoms with Crippen LogP contribution >= 0.6 is 0 Å². The van der Waals surface area contributed by atoms with Gasteiger partial charge in [-0.25, -0.2) is 4.79 Å². The van der Waals surface area contributed by atoms with Crippen LogP contribution in [0.5, 0.6) is 11.5 Å². The molecular weight excluding hydrogens is 456 g/mol. The quantitative estimate of drug-likeness (QED) is 0.313. The van der Waals surface area contributed by atoms with E-state index in [1.165, 1.54) is 13.5 Å². The first-order valence-electron chi connectivity index (χ1n) is 12.0. The maximum atomic E-state index is 12.7. The van der Waals surface area contributed by atoms with Gasteiger partial charge in [0, 0.05) is 24.9 Å². The van der Waals surface area contributed by atoms with Gasteiger partial charge in [-0.1, -0.05) is 12.1 Å². The zero-order chi connectivity index (χ0) is 25.3. The van der Waals surface area contributed by atoms with E-state index in [9.17, 15) is 9.59 Å². The Bertz CT molecular complexity index is 1210. The minimum Gasteiger partial charge on any atom is -0.493 e. The molecule has 1 heterocycles. The predicted molar refractivity (Wildman–Crippen MR) is 139 cm³/mol. The molecule has 1 saturated heterocycles. The topological polar surface area (TPSA) is 77.4 Å². The maximum Gasteiger partial charge on any atom is 0.337 e. The Morgan fingerprint density at radius 3 is 2.22 bits per heavy atom. The molecule has 7 nitrogen and oxygen atoms in total. The molecule has 4 rings (SSSR count). The van der Waals surface area contributed by atoms with Crippen molar-refractivity contribution in [1.29, 1.82) is 0 Å². The van der Waals surface area contributed by atoms with Crippen molar-refractivity contribution in [3.63, 3.8) is 0 Å². The molecule has 0 aliphatic carbocycles. The van der Waals surface area contributed by atoms with Gasteiger partial charge in [-0.3, -0.25) is 9.79 Å². The van der Waals surface area contributed by atoms with E-state index in [4.69, 9.17) is 14.2 Å². The molecule has 1 aliphatic rings. The number of esters is 1. The summed E-state index contributed by atoms with van der Waals surface area (Å²) in [7, 11) is 2.94. The highest BCUT2D eigenvalue weighted by Gasteiger charge is 2.18. The maximum absolute atomic E-state index is 12.7. The summed E-state index contributed by atoms with van der Waals surface area (Å²) in [5, 5.41) is 0. The number of methoxy groups -OCH3 is 2.